The number of ether oxygens (including phenoxy) is 2. The van der Waals surface area contributed by atoms with Gasteiger partial charge in [0.15, 0.2) is 6.61 Å². The molecule has 3 aromatic rings. The largest absolute Gasteiger partial charge is 0.465 e. The molecule has 0 bridgehead atoms. The van der Waals surface area contributed by atoms with Crippen molar-refractivity contribution in [2.24, 2.45) is 0 Å². The SMILES string of the molecule is COC(=O)c1c(C)[nH]c(C(=O)OCC(=O)Nc2ccccc2C(=O)NC(C)c2ccccc2)c1C. The highest BCUT2D eigenvalue weighted by atomic mass is 16.5. The van der Waals surface area contributed by atoms with Crippen LogP contribution in [0.3, 0.4) is 0 Å². The average Bonchev–Trinajstić information content (AvgIpc) is 3.16. The van der Waals surface area contributed by atoms with E-state index >= 15 is 0 Å². The van der Waals surface area contributed by atoms with Crippen molar-refractivity contribution in [3.05, 3.63) is 88.2 Å². The first kappa shape index (κ1) is 25.2. The third-order valence-corrected chi connectivity index (χ3v) is 5.46. The smallest absolute Gasteiger partial charge is 0.355 e. The fraction of sp³-hybridized carbons (Fsp3) is 0.231. The van der Waals surface area contributed by atoms with Gasteiger partial charge in [0.25, 0.3) is 11.8 Å². The van der Waals surface area contributed by atoms with Crippen LogP contribution in [0.25, 0.3) is 0 Å². The summed E-state index contributed by atoms with van der Waals surface area (Å²) in [4.78, 5) is 52.5. The zero-order valence-electron chi connectivity index (χ0n) is 19.9. The van der Waals surface area contributed by atoms with Gasteiger partial charge in [-0.3, -0.25) is 9.59 Å². The molecule has 9 heteroatoms. The van der Waals surface area contributed by atoms with Crippen LogP contribution in [-0.4, -0.2) is 42.5 Å². The Morgan fingerprint density at radius 3 is 2.29 bits per heavy atom. The maximum absolute atomic E-state index is 12.8. The standard InChI is InChI=1S/C26H27N3O6/c1-15-22(25(32)34-4)17(3)27-23(15)26(33)35-14-21(30)29-20-13-9-8-12-19(20)24(31)28-16(2)18-10-6-5-7-11-18/h5-13,16,27H,14H2,1-4H3,(H,28,31)(H,29,30). The number of rotatable bonds is 8. The third-order valence-electron chi connectivity index (χ3n) is 5.46. The molecule has 2 aromatic carbocycles. The fourth-order valence-electron chi connectivity index (χ4n) is 3.64. The molecule has 182 valence electrons. The minimum Gasteiger partial charge on any atom is -0.465 e. The van der Waals surface area contributed by atoms with Crippen molar-refractivity contribution < 1.29 is 28.7 Å². The molecule has 1 unspecified atom stereocenters. The summed E-state index contributed by atoms with van der Waals surface area (Å²) in [5.74, 6) is -2.35. The lowest BCUT2D eigenvalue weighted by Gasteiger charge is -2.16. The van der Waals surface area contributed by atoms with Crippen molar-refractivity contribution in [3.8, 4) is 0 Å². The number of aryl methyl sites for hydroxylation is 1. The van der Waals surface area contributed by atoms with Crippen molar-refractivity contribution in [1.29, 1.82) is 0 Å². The average molecular weight is 478 g/mol. The second-order valence-electron chi connectivity index (χ2n) is 7.89. The van der Waals surface area contributed by atoms with E-state index < -0.39 is 24.5 Å². The van der Waals surface area contributed by atoms with E-state index in [2.05, 4.69) is 15.6 Å². The van der Waals surface area contributed by atoms with Gasteiger partial charge < -0.3 is 25.1 Å². The van der Waals surface area contributed by atoms with Crippen LogP contribution < -0.4 is 10.6 Å². The quantitative estimate of drug-likeness (QED) is 0.425. The van der Waals surface area contributed by atoms with Crippen LogP contribution in [-0.2, 0) is 14.3 Å². The molecule has 0 aliphatic heterocycles. The normalized spacial score (nSPS) is 11.3. The van der Waals surface area contributed by atoms with Gasteiger partial charge in [-0.15, -0.1) is 0 Å². The first-order valence-corrected chi connectivity index (χ1v) is 10.9. The topological polar surface area (TPSA) is 127 Å². The highest BCUT2D eigenvalue weighted by Crippen LogP contribution is 2.20. The number of nitrogens with one attached hydrogen (secondary N) is 3. The van der Waals surface area contributed by atoms with Gasteiger partial charge in [-0.25, -0.2) is 9.59 Å². The molecular weight excluding hydrogens is 450 g/mol. The minimum absolute atomic E-state index is 0.0605. The summed E-state index contributed by atoms with van der Waals surface area (Å²) in [5.41, 5.74) is 2.63. The highest BCUT2D eigenvalue weighted by molar-refractivity contribution is 6.05. The van der Waals surface area contributed by atoms with E-state index in [1.807, 2.05) is 37.3 Å². The molecule has 0 fully saturated rings. The molecule has 3 N–H and O–H groups in total. The number of esters is 2. The lowest BCUT2D eigenvalue weighted by molar-refractivity contribution is -0.119. The fourth-order valence-corrected chi connectivity index (χ4v) is 3.64. The summed E-state index contributed by atoms with van der Waals surface area (Å²) in [5, 5.41) is 5.52. The van der Waals surface area contributed by atoms with Crippen LogP contribution in [0.15, 0.2) is 54.6 Å². The van der Waals surface area contributed by atoms with Gasteiger partial charge in [-0.1, -0.05) is 42.5 Å². The van der Waals surface area contributed by atoms with Crippen molar-refractivity contribution >= 4 is 29.4 Å². The molecule has 1 aromatic heterocycles. The van der Waals surface area contributed by atoms with Crippen molar-refractivity contribution in [2.45, 2.75) is 26.8 Å². The maximum Gasteiger partial charge on any atom is 0.355 e. The molecule has 3 rings (SSSR count). The number of hydrogen-bond acceptors (Lipinski definition) is 6. The van der Waals surface area contributed by atoms with E-state index in [0.717, 1.165) is 5.56 Å². The third kappa shape index (κ3) is 5.94. The van der Waals surface area contributed by atoms with Crippen molar-refractivity contribution in [3.63, 3.8) is 0 Å². The number of carbonyl (C=O) groups is 4. The molecule has 0 spiro atoms. The predicted octanol–water partition coefficient (Wildman–Crippen LogP) is 3.70. The highest BCUT2D eigenvalue weighted by Gasteiger charge is 2.24. The van der Waals surface area contributed by atoms with E-state index in [9.17, 15) is 19.2 Å². The number of carbonyl (C=O) groups excluding carboxylic acids is 4. The van der Waals surface area contributed by atoms with Crippen LogP contribution in [0, 0.1) is 13.8 Å². The minimum atomic E-state index is -0.793. The van der Waals surface area contributed by atoms with Gasteiger partial charge in [-0.05, 0) is 44.0 Å². The second-order valence-corrected chi connectivity index (χ2v) is 7.89. The Bertz CT molecular complexity index is 1250. The lowest BCUT2D eigenvalue weighted by Crippen LogP contribution is -2.28. The Morgan fingerprint density at radius 2 is 1.60 bits per heavy atom. The molecule has 0 saturated carbocycles. The summed E-state index contributed by atoms with van der Waals surface area (Å²) in [6, 6.07) is 15.8. The summed E-state index contributed by atoms with van der Waals surface area (Å²) in [7, 11) is 1.25. The number of methoxy groups -OCH3 is 1. The first-order valence-electron chi connectivity index (χ1n) is 10.9. The van der Waals surface area contributed by atoms with Gasteiger partial charge in [0.2, 0.25) is 0 Å². The number of anilines is 1. The number of hydrogen-bond donors (Lipinski definition) is 3. The van der Waals surface area contributed by atoms with E-state index in [4.69, 9.17) is 9.47 Å². The molecule has 0 saturated heterocycles. The Balaban J connectivity index is 1.64. The summed E-state index contributed by atoms with van der Waals surface area (Å²) >= 11 is 0. The van der Waals surface area contributed by atoms with E-state index in [1.54, 1.807) is 38.1 Å². The number of aromatic nitrogens is 1. The summed E-state index contributed by atoms with van der Waals surface area (Å²) in [6.07, 6.45) is 0. The van der Waals surface area contributed by atoms with Crippen LogP contribution in [0.2, 0.25) is 0 Å². The molecule has 0 aliphatic rings. The zero-order valence-corrected chi connectivity index (χ0v) is 19.9. The van der Waals surface area contributed by atoms with Crippen molar-refractivity contribution in [1.82, 2.24) is 10.3 Å². The van der Waals surface area contributed by atoms with Crippen LogP contribution in [0.1, 0.15) is 61.0 Å². The van der Waals surface area contributed by atoms with E-state index in [-0.39, 0.29) is 34.5 Å². The van der Waals surface area contributed by atoms with Gasteiger partial charge in [-0.2, -0.15) is 0 Å². The second kappa shape index (κ2) is 11.1. The Morgan fingerprint density at radius 1 is 0.943 bits per heavy atom. The Kier molecular flexibility index (Phi) is 8.04. The monoisotopic (exact) mass is 477 g/mol. The van der Waals surface area contributed by atoms with E-state index in [1.165, 1.54) is 7.11 Å². The predicted molar refractivity (Wildman–Crippen MR) is 129 cm³/mol. The Hall–Kier alpha value is -4.40. The molecule has 35 heavy (non-hydrogen) atoms. The maximum atomic E-state index is 12.8. The molecule has 0 aliphatic carbocycles. The van der Waals surface area contributed by atoms with Crippen LogP contribution >= 0.6 is 0 Å². The Labute approximate surface area is 202 Å². The van der Waals surface area contributed by atoms with Gasteiger partial charge in [0.1, 0.15) is 5.69 Å². The number of H-pyrrole nitrogens is 1. The lowest BCUT2D eigenvalue weighted by atomic mass is 10.1. The number of para-hydroxylation sites is 1. The zero-order chi connectivity index (χ0) is 25.5. The molecule has 2 amide bonds. The van der Waals surface area contributed by atoms with E-state index in [0.29, 0.717) is 11.3 Å². The van der Waals surface area contributed by atoms with Gasteiger partial charge in [0.05, 0.1) is 30.0 Å². The first-order chi connectivity index (χ1) is 16.7. The molecule has 1 atom stereocenters. The van der Waals surface area contributed by atoms with Gasteiger partial charge in [0, 0.05) is 5.69 Å². The molecule has 9 nitrogen and oxygen atoms in total. The molecule has 0 radical (unpaired) electrons. The molecular formula is C26H27N3O6. The summed E-state index contributed by atoms with van der Waals surface area (Å²) < 4.78 is 9.84. The number of aromatic amines is 1. The van der Waals surface area contributed by atoms with Gasteiger partial charge >= 0.3 is 11.9 Å². The number of amides is 2. The summed E-state index contributed by atoms with van der Waals surface area (Å²) in [6.45, 7) is 4.49. The number of benzene rings is 2. The molecule has 1 heterocycles. The van der Waals surface area contributed by atoms with Crippen molar-refractivity contribution in [2.75, 3.05) is 19.0 Å². The van der Waals surface area contributed by atoms with Crippen LogP contribution in [0.4, 0.5) is 5.69 Å². The van der Waals surface area contributed by atoms with Crippen LogP contribution in [0.5, 0.6) is 0 Å².